The van der Waals surface area contributed by atoms with Crippen molar-refractivity contribution >= 4 is 14.5 Å². The molecule has 1 aromatic rings. The molecule has 0 amide bonds. The summed E-state index contributed by atoms with van der Waals surface area (Å²) in [6.45, 7) is 7.73. The number of halogens is 1. The van der Waals surface area contributed by atoms with Gasteiger partial charge in [0.1, 0.15) is 12.4 Å². The van der Waals surface area contributed by atoms with E-state index in [0.717, 1.165) is 12.0 Å². The second kappa shape index (κ2) is 8.16. The van der Waals surface area contributed by atoms with Crippen LogP contribution in [0.1, 0.15) is 25.8 Å². The smallest absolute Gasteiger partial charge is 0.166 e. The lowest BCUT2D eigenvalue weighted by molar-refractivity contribution is 0.334. The van der Waals surface area contributed by atoms with Gasteiger partial charge >= 0.3 is 0 Å². The van der Waals surface area contributed by atoms with Crippen molar-refractivity contribution in [3.63, 3.8) is 0 Å². The first-order valence-electron chi connectivity index (χ1n) is 6.84. The van der Waals surface area contributed by atoms with E-state index in [9.17, 15) is 9.50 Å². The maximum absolute atomic E-state index is 14.1. The molecule has 0 fully saturated rings. The van der Waals surface area contributed by atoms with Gasteiger partial charge < -0.3 is 15.6 Å². The fourth-order valence-corrected chi connectivity index (χ4v) is 2.34. The molecule has 21 heavy (non-hydrogen) atoms. The zero-order chi connectivity index (χ0) is 16.0. The number of benzene rings is 1. The van der Waals surface area contributed by atoms with Gasteiger partial charge in [0.2, 0.25) is 0 Å². The molecule has 3 N–H and O–H groups in total. The molecule has 116 valence electrons. The van der Waals surface area contributed by atoms with E-state index < -0.39 is 11.9 Å². The van der Waals surface area contributed by atoms with Gasteiger partial charge in [-0.1, -0.05) is 19.6 Å². The Hall–Kier alpha value is -1.38. The number of aliphatic hydroxyl groups excluding tert-OH is 1. The molecule has 0 aliphatic heterocycles. The highest BCUT2D eigenvalue weighted by atomic mass is 31.0. The summed E-state index contributed by atoms with van der Waals surface area (Å²) in [5, 5.41) is 9.85. The van der Waals surface area contributed by atoms with Crippen LogP contribution in [-0.2, 0) is 6.42 Å². The minimum Gasteiger partial charge on any atom is -0.511 e. The van der Waals surface area contributed by atoms with Gasteiger partial charge in [-0.15, -0.1) is 9.24 Å². The van der Waals surface area contributed by atoms with Crippen LogP contribution in [0.2, 0.25) is 0 Å². The molecule has 3 nitrogen and oxygen atoms in total. The van der Waals surface area contributed by atoms with Gasteiger partial charge in [-0.3, -0.25) is 0 Å². The van der Waals surface area contributed by atoms with E-state index in [1.54, 1.807) is 6.07 Å². The summed E-state index contributed by atoms with van der Waals surface area (Å²) in [7, 11) is 2.46. The second-order valence-corrected chi connectivity index (χ2v) is 5.67. The largest absolute Gasteiger partial charge is 0.511 e. The van der Waals surface area contributed by atoms with Crippen molar-refractivity contribution in [3.8, 4) is 5.75 Å². The molecule has 0 saturated carbocycles. The summed E-state index contributed by atoms with van der Waals surface area (Å²) in [6.07, 6.45) is 3.29. The molecule has 0 aliphatic rings. The molecule has 0 radical (unpaired) electrons. The lowest BCUT2D eigenvalue weighted by Crippen LogP contribution is -2.25. The van der Waals surface area contributed by atoms with Crippen molar-refractivity contribution in [1.82, 2.24) is 0 Å². The Balaban J connectivity index is 2.85. The molecule has 2 atom stereocenters. The van der Waals surface area contributed by atoms with Gasteiger partial charge in [0.15, 0.2) is 11.6 Å². The third-order valence-corrected chi connectivity index (χ3v) is 3.44. The Bertz CT molecular complexity index is 520. The Morgan fingerprint density at radius 1 is 1.57 bits per heavy atom. The van der Waals surface area contributed by atoms with E-state index >= 15 is 0 Å². The van der Waals surface area contributed by atoms with E-state index in [2.05, 4.69) is 15.8 Å². The fraction of sp³-hybridized carbons (Fsp3) is 0.375. The lowest BCUT2D eigenvalue weighted by Gasteiger charge is -2.14. The van der Waals surface area contributed by atoms with Crippen molar-refractivity contribution < 1.29 is 14.2 Å². The first kappa shape index (κ1) is 17.7. The quantitative estimate of drug-likeness (QED) is 0.462. The van der Waals surface area contributed by atoms with Crippen LogP contribution < -0.4 is 15.8 Å². The molecular weight excluding hydrogens is 288 g/mol. The number of ether oxygens (including phenoxy) is 1. The van der Waals surface area contributed by atoms with Gasteiger partial charge in [0.25, 0.3) is 0 Å². The number of rotatable bonds is 7. The lowest BCUT2D eigenvalue weighted by atomic mass is 10.1. The number of nitrogens with two attached hydrogens (primary N) is 1. The van der Waals surface area contributed by atoms with Crippen molar-refractivity contribution in [2.75, 3.05) is 6.61 Å². The molecule has 2 unspecified atom stereocenters. The molecular formula is C16H23FNO2P. The molecule has 5 heteroatoms. The average Bonchev–Trinajstić information content (AvgIpc) is 2.37. The predicted octanol–water partition coefficient (Wildman–Crippen LogP) is 3.00. The van der Waals surface area contributed by atoms with Gasteiger partial charge in [-0.2, -0.15) is 0 Å². The third-order valence-electron chi connectivity index (χ3n) is 3.01. The third kappa shape index (κ3) is 5.49. The molecule has 1 aromatic carbocycles. The Labute approximate surface area is 127 Å². The zero-order valence-electron chi connectivity index (χ0n) is 12.5. The van der Waals surface area contributed by atoms with E-state index in [1.807, 2.05) is 19.9 Å². The maximum Gasteiger partial charge on any atom is 0.166 e. The van der Waals surface area contributed by atoms with Gasteiger partial charge in [0.05, 0.1) is 6.04 Å². The van der Waals surface area contributed by atoms with Crippen LogP contribution >= 0.6 is 9.24 Å². The summed E-state index contributed by atoms with van der Waals surface area (Å²) in [5.74, 6) is -0.317. The zero-order valence-corrected chi connectivity index (χ0v) is 13.7. The SMILES string of the molecule is C=C(O)C(N)Cc1cc(F)c(OC/C(C)=C/CC)c(P)c1. The van der Waals surface area contributed by atoms with Crippen molar-refractivity contribution in [3.05, 3.63) is 47.5 Å². The van der Waals surface area contributed by atoms with E-state index in [1.165, 1.54) is 6.07 Å². The number of aliphatic hydroxyl groups is 1. The summed E-state index contributed by atoms with van der Waals surface area (Å²) in [6, 6.07) is 2.56. The van der Waals surface area contributed by atoms with E-state index in [4.69, 9.17) is 10.5 Å². The minimum absolute atomic E-state index is 0.110. The highest BCUT2D eigenvalue weighted by molar-refractivity contribution is 7.27. The summed E-state index contributed by atoms with van der Waals surface area (Å²) in [5.41, 5.74) is 7.45. The van der Waals surface area contributed by atoms with Crippen LogP contribution in [0.3, 0.4) is 0 Å². The predicted molar refractivity (Wildman–Crippen MR) is 88.7 cm³/mol. The average molecular weight is 311 g/mol. The normalized spacial score (nSPS) is 13.1. The molecule has 0 aromatic heterocycles. The van der Waals surface area contributed by atoms with Crippen LogP contribution in [0.15, 0.2) is 36.1 Å². The number of hydrogen-bond acceptors (Lipinski definition) is 3. The molecule has 0 spiro atoms. The Kier molecular flexibility index (Phi) is 6.86. The number of allylic oxidation sites excluding steroid dienone is 1. The molecule has 1 rings (SSSR count). The van der Waals surface area contributed by atoms with Crippen molar-refractivity contribution in [1.29, 1.82) is 0 Å². The topological polar surface area (TPSA) is 55.5 Å². The highest BCUT2D eigenvalue weighted by Crippen LogP contribution is 2.20. The van der Waals surface area contributed by atoms with Crippen molar-refractivity contribution in [2.45, 2.75) is 32.7 Å². The molecule has 0 heterocycles. The summed E-state index contributed by atoms with van der Waals surface area (Å²) < 4.78 is 19.6. The first-order chi connectivity index (χ1) is 9.85. The van der Waals surface area contributed by atoms with Gasteiger partial charge in [-0.05, 0) is 43.0 Å². The summed E-state index contributed by atoms with van der Waals surface area (Å²) in [4.78, 5) is 0. The highest BCUT2D eigenvalue weighted by Gasteiger charge is 2.13. The van der Waals surface area contributed by atoms with Gasteiger partial charge in [-0.25, -0.2) is 4.39 Å². The first-order valence-corrected chi connectivity index (χ1v) is 7.42. The van der Waals surface area contributed by atoms with Crippen LogP contribution in [0.4, 0.5) is 4.39 Å². The summed E-state index contributed by atoms with van der Waals surface area (Å²) >= 11 is 0. The van der Waals surface area contributed by atoms with Crippen molar-refractivity contribution in [2.24, 2.45) is 5.73 Å². The maximum atomic E-state index is 14.1. The number of hydrogen-bond donors (Lipinski definition) is 2. The van der Waals surface area contributed by atoms with Gasteiger partial charge in [0, 0.05) is 5.30 Å². The van der Waals surface area contributed by atoms with Crippen LogP contribution in [0.25, 0.3) is 0 Å². The molecule has 0 bridgehead atoms. The van der Waals surface area contributed by atoms with Crippen LogP contribution in [0.5, 0.6) is 5.75 Å². The molecule has 0 saturated heterocycles. The van der Waals surface area contributed by atoms with Crippen LogP contribution in [0, 0.1) is 5.82 Å². The second-order valence-electron chi connectivity index (χ2n) is 5.05. The minimum atomic E-state index is -0.602. The standard InChI is InChI=1S/C16H23FNO2P/c1-4-5-10(2)9-20-16-13(17)6-12(8-15(16)21)7-14(18)11(3)19/h5-6,8,14,19H,3-4,7,9,18,21H2,1-2H3/b10-5+. The Morgan fingerprint density at radius 2 is 2.24 bits per heavy atom. The van der Waals surface area contributed by atoms with E-state index in [-0.39, 0.29) is 11.5 Å². The van der Waals surface area contributed by atoms with E-state index in [0.29, 0.717) is 23.9 Å². The van der Waals surface area contributed by atoms with Crippen LogP contribution in [-0.4, -0.2) is 17.8 Å². The Morgan fingerprint density at radius 3 is 2.76 bits per heavy atom. The monoisotopic (exact) mass is 311 g/mol. The molecule has 0 aliphatic carbocycles. The fourth-order valence-electron chi connectivity index (χ4n) is 1.91.